The first kappa shape index (κ1) is 12.6. The number of aliphatic carboxylic acids is 1. The summed E-state index contributed by atoms with van der Waals surface area (Å²) in [7, 11) is 0. The number of benzene rings is 1. The van der Waals surface area contributed by atoms with Gasteiger partial charge in [0.05, 0.1) is 17.4 Å². The van der Waals surface area contributed by atoms with Crippen LogP contribution in [-0.2, 0) is 11.3 Å². The second-order valence-corrected chi connectivity index (χ2v) is 3.86. The summed E-state index contributed by atoms with van der Waals surface area (Å²) < 4.78 is 1.21. The van der Waals surface area contributed by atoms with Crippen molar-refractivity contribution in [2.45, 2.75) is 6.54 Å². The number of nitrogen functional groups attached to an aromatic ring is 1. The number of nitrogens with two attached hydrogens (primary N) is 1. The van der Waals surface area contributed by atoms with Gasteiger partial charge in [0.2, 0.25) is 0 Å². The first-order valence-electron chi connectivity index (χ1n) is 5.46. The minimum Gasteiger partial charge on any atom is -0.480 e. The molecule has 0 bridgehead atoms. The lowest BCUT2D eigenvalue weighted by molar-refractivity contribution is -0.137. The second-order valence-electron chi connectivity index (χ2n) is 3.86. The maximum absolute atomic E-state index is 11.9. The first-order valence-corrected chi connectivity index (χ1v) is 5.46. The third kappa shape index (κ3) is 3.09. The Morgan fingerprint density at radius 1 is 1.37 bits per heavy atom. The molecule has 0 saturated heterocycles. The molecule has 2 rings (SSSR count). The number of nitrogens with zero attached hydrogens (tertiary/aromatic N) is 2. The number of carbonyl (C=O) groups is 2. The summed E-state index contributed by atoms with van der Waals surface area (Å²) in [6, 6.07) is 6.67. The summed E-state index contributed by atoms with van der Waals surface area (Å²) >= 11 is 0. The number of aromatic nitrogens is 2. The van der Waals surface area contributed by atoms with E-state index in [-0.39, 0.29) is 12.5 Å². The van der Waals surface area contributed by atoms with E-state index in [1.165, 1.54) is 17.1 Å². The number of hydrogen-bond acceptors (Lipinski definition) is 4. The topological polar surface area (TPSA) is 110 Å². The van der Waals surface area contributed by atoms with E-state index < -0.39 is 5.97 Å². The van der Waals surface area contributed by atoms with Gasteiger partial charge in [0.1, 0.15) is 6.54 Å². The zero-order valence-corrected chi connectivity index (χ0v) is 9.91. The number of anilines is 2. The van der Waals surface area contributed by atoms with Gasteiger partial charge in [-0.25, -0.2) is 0 Å². The minimum absolute atomic E-state index is 0.261. The van der Waals surface area contributed by atoms with E-state index in [1.54, 1.807) is 24.3 Å². The van der Waals surface area contributed by atoms with Gasteiger partial charge in [0, 0.05) is 11.9 Å². The van der Waals surface area contributed by atoms with Gasteiger partial charge in [0.25, 0.3) is 5.91 Å². The normalized spacial score (nSPS) is 10.1. The number of para-hydroxylation sites is 1. The van der Waals surface area contributed by atoms with Crippen LogP contribution in [0.3, 0.4) is 0 Å². The maximum Gasteiger partial charge on any atom is 0.325 e. The van der Waals surface area contributed by atoms with E-state index in [0.717, 1.165) is 0 Å². The minimum atomic E-state index is -1.01. The molecule has 7 nitrogen and oxygen atoms in total. The predicted octanol–water partition coefficient (Wildman–Crippen LogP) is 0.802. The third-order valence-corrected chi connectivity index (χ3v) is 2.39. The summed E-state index contributed by atoms with van der Waals surface area (Å²) in [5.74, 6) is -1.37. The maximum atomic E-state index is 11.9. The summed E-state index contributed by atoms with van der Waals surface area (Å²) in [6.45, 7) is -0.261. The standard InChI is InChI=1S/C12H12N4O3/c13-10-4-2-1-3-9(10)12(19)15-8-5-14-16(6-8)7-11(17)18/h1-6H,7,13H2,(H,15,19)(H,17,18). The molecule has 0 unspecified atom stereocenters. The van der Waals surface area contributed by atoms with Crippen LogP contribution in [-0.4, -0.2) is 26.8 Å². The van der Waals surface area contributed by atoms with Crippen molar-refractivity contribution in [1.29, 1.82) is 0 Å². The molecular weight excluding hydrogens is 248 g/mol. The lowest BCUT2D eigenvalue weighted by atomic mass is 10.1. The van der Waals surface area contributed by atoms with E-state index in [9.17, 15) is 9.59 Å². The van der Waals surface area contributed by atoms with Crippen molar-refractivity contribution in [3.63, 3.8) is 0 Å². The lowest BCUT2D eigenvalue weighted by Gasteiger charge is -2.04. The quantitative estimate of drug-likeness (QED) is 0.704. The van der Waals surface area contributed by atoms with Crippen molar-refractivity contribution in [1.82, 2.24) is 9.78 Å². The molecule has 0 spiro atoms. The van der Waals surface area contributed by atoms with Crippen LogP contribution >= 0.6 is 0 Å². The van der Waals surface area contributed by atoms with E-state index in [1.807, 2.05) is 0 Å². The van der Waals surface area contributed by atoms with Crippen LogP contribution in [0.25, 0.3) is 0 Å². The number of hydrogen-bond donors (Lipinski definition) is 3. The molecule has 1 aromatic carbocycles. The zero-order chi connectivity index (χ0) is 13.8. The Morgan fingerprint density at radius 2 is 2.11 bits per heavy atom. The van der Waals surface area contributed by atoms with Crippen molar-refractivity contribution in [3.05, 3.63) is 42.2 Å². The van der Waals surface area contributed by atoms with Crippen LogP contribution in [0.15, 0.2) is 36.7 Å². The molecule has 0 fully saturated rings. The molecule has 19 heavy (non-hydrogen) atoms. The van der Waals surface area contributed by atoms with Crippen LogP contribution in [0.1, 0.15) is 10.4 Å². The van der Waals surface area contributed by atoms with Gasteiger partial charge < -0.3 is 16.2 Å². The van der Waals surface area contributed by atoms with E-state index in [4.69, 9.17) is 10.8 Å². The average molecular weight is 260 g/mol. The molecule has 0 aliphatic heterocycles. The average Bonchev–Trinajstić information content (AvgIpc) is 2.76. The Bertz CT molecular complexity index is 621. The largest absolute Gasteiger partial charge is 0.480 e. The van der Waals surface area contributed by atoms with E-state index in [2.05, 4.69) is 10.4 Å². The van der Waals surface area contributed by atoms with E-state index >= 15 is 0 Å². The van der Waals surface area contributed by atoms with Crippen LogP contribution in [0.4, 0.5) is 11.4 Å². The fourth-order valence-corrected chi connectivity index (χ4v) is 1.56. The Kier molecular flexibility index (Phi) is 3.46. The number of nitrogens with one attached hydrogen (secondary N) is 1. The van der Waals surface area contributed by atoms with Gasteiger partial charge in [-0.15, -0.1) is 0 Å². The van der Waals surface area contributed by atoms with Crippen LogP contribution in [0.2, 0.25) is 0 Å². The summed E-state index contributed by atoms with van der Waals surface area (Å²) in [5, 5.41) is 15.0. The molecule has 0 saturated carbocycles. The molecule has 0 aliphatic carbocycles. The number of amides is 1. The predicted molar refractivity (Wildman–Crippen MR) is 68.7 cm³/mol. The Labute approximate surface area is 108 Å². The number of carboxylic acid groups (broad SMARTS) is 1. The molecule has 0 atom stereocenters. The van der Waals surface area contributed by atoms with Gasteiger partial charge in [-0.2, -0.15) is 5.10 Å². The van der Waals surface area contributed by atoms with Gasteiger partial charge >= 0.3 is 5.97 Å². The summed E-state index contributed by atoms with van der Waals surface area (Å²) in [6.07, 6.45) is 2.81. The van der Waals surface area contributed by atoms with Gasteiger partial charge in [-0.1, -0.05) is 12.1 Å². The molecule has 1 amide bonds. The number of carboxylic acids is 1. The summed E-state index contributed by atoms with van der Waals surface area (Å²) in [4.78, 5) is 22.4. The van der Waals surface area contributed by atoms with Gasteiger partial charge in [-0.3, -0.25) is 14.3 Å². The van der Waals surface area contributed by atoms with Crippen LogP contribution in [0, 0.1) is 0 Å². The zero-order valence-electron chi connectivity index (χ0n) is 9.91. The SMILES string of the molecule is Nc1ccccc1C(=O)Nc1cnn(CC(=O)O)c1. The molecule has 98 valence electrons. The van der Waals surface area contributed by atoms with Crippen molar-refractivity contribution in [2.75, 3.05) is 11.1 Å². The fraction of sp³-hybridized carbons (Fsp3) is 0.0833. The Morgan fingerprint density at radius 3 is 2.79 bits per heavy atom. The molecular formula is C12H12N4O3. The molecule has 7 heteroatoms. The molecule has 2 aromatic rings. The highest BCUT2D eigenvalue weighted by Gasteiger charge is 2.10. The highest BCUT2D eigenvalue weighted by Crippen LogP contribution is 2.13. The van der Waals surface area contributed by atoms with E-state index in [0.29, 0.717) is 16.9 Å². The molecule has 4 N–H and O–H groups in total. The Balaban J connectivity index is 2.09. The van der Waals surface area contributed by atoms with Gasteiger partial charge in [-0.05, 0) is 12.1 Å². The fourth-order valence-electron chi connectivity index (χ4n) is 1.56. The third-order valence-electron chi connectivity index (χ3n) is 2.39. The van der Waals surface area contributed by atoms with Crippen molar-refractivity contribution in [2.24, 2.45) is 0 Å². The smallest absolute Gasteiger partial charge is 0.325 e. The van der Waals surface area contributed by atoms with Gasteiger partial charge in [0.15, 0.2) is 0 Å². The highest BCUT2D eigenvalue weighted by molar-refractivity contribution is 6.07. The summed E-state index contributed by atoms with van der Waals surface area (Å²) in [5.41, 5.74) is 6.83. The monoisotopic (exact) mass is 260 g/mol. The van der Waals surface area contributed by atoms with Crippen LogP contribution < -0.4 is 11.1 Å². The molecule has 1 aromatic heterocycles. The first-order chi connectivity index (χ1) is 9.06. The molecule has 1 heterocycles. The lowest BCUT2D eigenvalue weighted by Crippen LogP contribution is -2.13. The number of carbonyl (C=O) groups excluding carboxylic acids is 1. The number of rotatable bonds is 4. The van der Waals surface area contributed by atoms with Crippen molar-refractivity contribution < 1.29 is 14.7 Å². The molecule has 0 aliphatic rings. The van der Waals surface area contributed by atoms with Crippen molar-refractivity contribution in [3.8, 4) is 0 Å². The second kappa shape index (κ2) is 5.21. The Hall–Kier alpha value is -2.83. The molecule has 0 radical (unpaired) electrons. The van der Waals surface area contributed by atoms with Crippen molar-refractivity contribution >= 4 is 23.3 Å². The van der Waals surface area contributed by atoms with Crippen LogP contribution in [0.5, 0.6) is 0 Å². The highest BCUT2D eigenvalue weighted by atomic mass is 16.4.